The number of hydrogen-bond acceptors (Lipinski definition) is 5. The lowest BCUT2D eigenvalue weighted by Crippen LogP contribution is -2.50. The molecule has 14 heavy (non-hydrogen) atoms. The second-order valence-electron chi connectivity index (χ2n) is 3.13. The van der Waals surface area contributed by atoms with E-state index < -0.39 is 18.1 Å². The highest BCUT2D eigenvalue weighted by molar-refractivity contribution is 6.01. The van der Waals surface area contributed by atoms with Crippen molar-refractivity contribution in [2.75, 3.05) is 7.05 Å². The maximum absolute atomic E-state index is 11.3. The molecule has 2 atom stereocenters. The summed E-state index contributed by atoms with van der Waals surface area (Å²) in [5.74, 6) is -0.526. The third-order valence-corrected chi connectivity index (χ3v) is 2.38. The average molecular weight is 194 g/mol. The van der Waals surface area contributed by atoms with Gasteiger partial charge in [-0.15, -0.1) is 0 Å². The van der Waals surface area contributed by atoms with Crippen molar-refractivity contribution < 1.29 is 14.7 Å². The fourth-order valence-corrected chi connectivity index (χ4v) is 1.40. The van der Waals surface area contributed by atoms with E-state index in [2.05, 4.69) is 0 Å². The summed E-state index contributed by atoms with van der Waals surface area (Å²) in [6, 6.07) is 0.985. The van der Waals surface area contributed by atoms with Gasteiger partial charge < -0.3 is 9.90 Å². The predicted molar refractivity (Wildman–Crippen MR) is 46.9 cm³/mol. The third kappa shape index (κ3) is 1.35. The lowest BCUT2D eigenvalue weighted by atomic mass is 9.94. The predicted octanol–water partition coefficient (Wildman–Crippen LogP) is -0.773. The topological polar surface area (TPSA) is 81.4 Å². The highest BCUT2D eigenvalue weighted by Gasteiger charge is 2.36. The zero-order valence-corrected chi connectivity index (χ0v) is 7.89. The standard InChI is InChI=1S/C9H10N2O3/c1-5-6(3-10)7(4-12)11(2)9(14)8(5)13/h4,7,9,14H,1-2H3. The van der Waals surface area contributed by atoms with Crippen molar-refractivity contribution in [2.45, 2.75) is 19.2 Å². The van der Waals surface area contributed by atoms with Crippen LogP contribution in [0.2, 0.25) is 0 Å². The Hall–Kier alpha value is -1.51. The number of Topliss-reactive ketones (excluding diaryl/α,β-unsaturated/α-hetero) is 1. The minimum atomic E-state index is -1.33. The van der Waals surface area contributed by atoms with Crippen molar-refractivity contribution in [3.05, 3.63) is 11.1 Å². The van der Waals surface area contributed by atoms with Gasteiger partial charge in [-0.1, -0.05) is 0 Å². The highest BCUT2D eigenvalue weighted by atomic mass is 16.3. The number of aliphatic hydroxyl groups excluding tert-OH is 1. The number of rotatable bonds is 1. The lowest BCUT2D eigenvalue weighted by molar-refractivity contribution is -0.136. The summed E-state index contributed by atoms with van der Waals surface area (Å²) in [6.45, 7) is 1.44. The molecule has 5 heteroatoms. The van der Waals surface area contributed by atoms with Crippen LogP contribution in [0.25, 0.3) is 0 Å². The Morgan fingerprint density at radius 1 is 1.64 bits per heavy atom. The van der Waals surface area contributed by atoms with Crippen LogP contribution in [0, 0.1) is 11.3 Å². The van der Waals surface area contributed by atoms with Crippen LogP contribution in [0.15, 0.2) is 11.1 Å². The minimum Gasteiger partial charge on any atom is -0.371 e. The van der Waals surface area contributed by atoms with Crippen LogP contribution in [0.5, 0.6) is 0 Å². The molecule has 1 N–H and O–H groups in total. The molecule has 0 bridgehead atoms. The first-order valence-electron chi connectivity index (χ1n) is 4.05. The van der Waals surface area contributed by atoms with Gasteiger partial charge in [0.15, 0.2) is 6.23 Å². The van der Waals surface area contributed by atoms with Gasteiger partial charge in [0.1, 0.15) is 12.3 Å². The van der Waals surface area contributed by atoms with Gasteiger partial charge in [-0.2, -0.15) is 5.26 Å². The van der Waals surface area contributed by atoms with Gasteiger partial charge >= 0.3 is 0 Å². The smallest absolute Gasteiger partial charge is 0.203 e. The van der Waals surface area contributed by atoms with E-state index in [0.29, 0.717) is 6.29 Å². The van der Waals surface area contributed by atoms with Crippen LogP contribution in [0.4, 0.5) is 0 Å². The maximum Gasteiger partial charge on any atom is 0.203 e. The maximum atomic E-state index is 11.3. The molecule has 0 saturated heterocycles. The monoisotopic (exact) mass is 194 g/mol. The molecule has 0 saturated carbocycles. The minimum absolute atomic E-state index is 0.109. The molecule has 5 nitrogen and oxygen atoms in total. The molecule has 0 radical (unpaired) electrons. The molecule has 1 aliphatic heterocycles. The second kappa shape index (κ2) is 3.70. The van der Waals surface area contributed by atoms with E-state index in [-0.39, 0.29) is 11.1 Å². The van der Waals surface area contributed by atoms with Gasteiger partial charge in [0.05, 0.1) is 11.6 Å². The summed E-state index contributed by atoms with van der Waals surface area (Å²) < 4.78 is 0. The SMILES string of the molecule is CC1=C(C#N)C(C=O)N(C)C(O)C1=O. The number of carbonyl (C=O) groups is 2. The largest absolute Gasteiger partial charge is 0.371 e. The molecule has 2 unspecified atom stereocenters. The molecule has 0 amide bonds. The summed E-state index contributed by atoms with van der Waals surface area (Å²) in [4.78, 5) is 23.2. The molecule has 1 aliphatic rings. The Kier molecular flexibility index (Phi) is 2.79. The van der Waals surface area contributed by atoms with E-state index >= 15 is 0 Å². The van der Waals surface area contributed by atoms with Crippen molar-refractivity contribution in [1.82, 2.24) is 4.90 Å². The number of hydrogen-bond donors (Lipinski definition) is 1. The van der Waals surface area contributed by atoms with E-state index in [4.69, 9.17) is 5.26 Å². The normalized spacial score (nSPS) is 28.9. The Bertz CT molecular complexity index is 354. The number of aldehydes is 1. The van der Waals surface area contributed by atoms with Gasteiger partial charge in [0, 0.05) is 5.57 Å². The van der Waals surface area contributed by atoms with Crippen LogP contribution in [0.1, 0.15) is 6.92 Å². The summed E-state index contributed by atoms with van der Waals surface area (Å²) in [7, 11) is 1.42. The van der Waals surface area contributed by atoms with Gasteiger partial charge in [-0.25, -0.2) is 0 Å². The Balaban J connectivity index is 3.28. The van der Waals surface area contributed by atoms with Crippen molar-refractivity contribution >= 4 is 12.1 Å². The number of likely N-dealkylation sites (N-methyl/N-ethyl adjacent to an activating group) is 1. The van der Waals surface area contributed by atoms with Crippen LogP contribution in [0.3, 0.4) is 0 Å². The van der Waals surface area contributed by atoms with E-state index in [1.165, 1.54) is 18.9 Å². The Morgan fingerprint density at radius 3 is 2.64 bits per heavy atom. The van der Waals surface area contributed by atoms with Crippen molar-refractivity contribution in [2.24, 2.45) is 0 Å². The third-order valence-electron chi connectivity index (χ3n) is 2.38. The molecule has 74 valence electrons. The first-order valence-corrected chi connectivity index (χ1v) is 4.05. The summed E-state index contributed by atoms with van der Waals surface area (Å²) in [6.07, 6.45) is -0.792. The van der Waals surface area contributed by atoms with Crippen molar-refractivity contribution in [1.29, 1.82) is 5.26 Å². The Morgan fingerprint density at radius 2 is 2.21 bits per heavy atom. The fourth-order valence-electron chi connectivity index (χ4n) is 1.40. The van der Waals surface area contributed by atoms with Crippen molar-refractivity contribution in [3.8, 4) is 6.07 Å². The number of nitrogens with zero attached hydrogens (tertiary/aromatic N) is 2. The highest BCUT2D eigenvalue weighted by Crippen LogP contribution is 2.21. The van der Waals surface area contributed by atoms with Crippen LogP contribution < -0.4 is 0 Å². The van der Waals surface area contributed by atoms with Gasteiger partial charge in [-0.05, 0) is 14.0 Å². The molecular formula is C9H10N2O3. The number of aliphatic hydroxyl groups is 1. The average Bonchev–Trinajstić information content (AvgIpc) is 2.20. The van der Waals surface area contributed by atoms with Gasteiger partial charge in [0.2, 0.25) is 5.78 Å². The second-order valence-corrected chi connectivity index (χ2v) is 3.13. The number of ketones is 1. The fraction of sp³-hybridized carbons (Fsp3) is 0.444. The van der Waals surface area contributed by atoms with Gasteiger partial charge in [0.25, 0.3) is 0 Å². The number of carbonyl (C=O) groups excluding carboxylic acids is 2. The van der Waals surface area contributed by atoms with E-state index in [9.17, 15) is 14.7 Å². The zero-order valence-electron chi connectivity index (χ0n) is 7.89. The molecule has 0 aliphatic carbocycles. The zero-order chi connectivity index (χ0) is 10.9. The molecule has 0 aromatic heterocycles. The molecule has 1 rings (SSSR count). The van der Waals surface area contributed by atoms with E-state index in [1.54, 1.807) is 0 Å². The van der Waals surface area contributed by atoms with E-state index in [0.717, 1.165) is 0 Å². The molecule has 0 fully saturated rings. The molecular weight excluding hydrogens is 184 g/mol. The first kappa shape index (κ1) is 10.6. The molecule has 0 aromatic rings. The molecule has 0 aromatic carbocycles. The molecule has 0 spiro atoms. The van der Waals surface area contributed by atoms with Crippen LogP contribution in [-0.2, 0) is 9.59 Å². The first-order chi connectivity index (χ1) is 6.54. The van der Waals surface area contributed by atoms with Crippen LogP contribution in [-0.4, -0.2) is 41.4 Å². The van der Waals surface area contributed by atoms with Crippen LogP contribution >= 0.6 is 0 Å². The summed E-state index contributed by atoms with van der Waals surface area (Å²) >= 11 is 0. The number of nitriles is 1. The quantitative estimate of drug-likeness (QED) is 0.554. The summed E-state index contributed by atoms with van der Waals surface area (Å²) in [5.41, 5.74) is 0.271. The lowest BCUT2D eigenvalue weighted by Gasteiger charge is -2.32. The molecule has 1 heterocycles. The van der Waals surface area contributed by atoms with Crippen molar-refractivity contribution in [3.63, 3.8) is 0 Å². The Labute approximate surface area is 81.2 Å². The van der Waals surface area contributed by atoms with E-state index in [1.807, 2.05) is 6.07 Å². The van der Waals surface area contributed by atoms with Gasteiger partial charge in [-0.3, -0.25) is 9.69 Å². The summed E-state index contributed by atoms with van der Waals surface area (Å²) in [5, 5.41) is 18.2.